The fraction of sp³-hybridized carbons (Fsp3) is 0.300. The molecule has 3 N–H and O–H groups in total. The maximum absolute atomic E-state index is 12.0. The Balaban J connectivity index is 1.85. The highest BCUT2D eigenvalue weighted by atomic mass is 16.5. The summed E-state index contributed by atoms with van der Waals surface area (Å²) in [5, 5.41) is 8.23. The topological polar surface area (TPSA) is 88.7 Å². The summed E-state index contributed by atoms with van der Waals surface area (Å²) in [7, 11) is 1.60. The summed E-state index contributed by atoms with van der Waals surface area (Å²) in [6.45, 7) is 4.39. The molecule has 0 bridgehead atoms. The zero-order valence-electron chi connectivity index (χ0n) is 15.8. The second kappa shape index (κ2) is 10.1. The normalized spacial score (nSPS) is 10.0. The van der Waals surface area contributed by atoms with Crippen molar-refractivity contribution < 1.29 is 19.1 Å². The van der Waals surface area contributed by atoms with Crippen molar-refractivity contribution in [3.8, 4) is 11.5 Å². The van der Waals surface area contributed by atoms with Gasteiger partial charge in [-0.3, -0.25) is 4.79 Å². The Bertz CT molecular complexity index is 793. The van der Waals surface area contributed by atoms with Crippen LogP contribution in [0.5, 0.6) is 11.5 Å². The van der Waals surface area contributed by atoms with Gasteiger partial charge in [0.05, 0.1) is 13.7 Å². The number of urea groups is 1. The van der Waals surface area contributed by atoms with Crippen LogP contribution in [0.15, 0.2) is 42.5 Å². The monoisotopic (exact) mass is 371 g/mol. The van der Waals surface area contributed by atoms with Gasteiger partial charge < -0.3 is 25.4 Å². The zero-order chi connectivity index (χ0) is 19.6. The van der Waals surface area contributed by atoms with Gasteiger partial charge in [-0.1, -0.05) is 12.1 Å². The maximum atomic E-state index is 12.0. The molecule has 0 aliphatic carbocycles. The first-order valence-corrected chi connectivity index (χ1v) is 8.74. The molecule has 144 valence electrons. The fourth-order valence-electron chi connectivity index (χ4n) is 2.52. The minimum Gasteiger partial charge on any atom is -0.493 e. The average Bonchev–Trinajstić information content (AvgIpc) is 2.62. The minimum atomic E-state index is -0.312. The smallest absolute Gasteiger partial charge is 0.319 e. The van der Waals surface area contributed by atoms with Crippen molar-refractivity contribution in [3.63, 3.8) is 0 Å². The van der Waals surface area contributed by atoms with Gasteiger partial charge in [0.2, 0.25) is 5.91 Å². The Morgan fingerprint density at radius 1 is 1.00 bits per heavy atom. The van der Waals surface area contributed by atoms with Crippen LogP contribution >= 0.6 is 0 Å². The Kier molecular flexibility index (Phi) is 7.49. The molecule has 0 aliphatic heterocycles. The minimum absolute atomic E-state index is 0.164. The lowest BCUT2D eigenvalue weighted by Crippen LogP contribution is -2.30. The van der Waals surface area contributed by atoms with Gasteiger partial charge in [-0.05, 0) is 49.2 Å². The Morgan fingerprint density at radius 3 is 2.41 bits per heavy atom. The molecule has 0 aromatic heterocycles. The zero-order valence-corrected chi connectivity index (χ0v) is 15.8. The molecule has 2 aromatic rings. The van der Waals surface area contributed by atoms with Crippen LogP contribution in [0.25, 0.3) is 0 Å². The molecule has 2 rings (SSSR count). The SMILES string of the molecule is CCOc1ccc(CCNC(=O)Nc2cccc(NC(C)=O)c2)cc1OC. The predicted octanol–water partition coefficient (Wildman–Crippen LogP) is 3.42. The van der Waals surface area contributed by atoms with Gasteiger partial charge >= 0.3 is 6.03 Å². The third-order valence-electron chi connectivity index (χ3n) is 3.67. The largest absolute Gasteiger partial charge is 0.493 e. The van der Waals surface area contributed by atoms with Crippen LogP contribution in [0, 0.1) is 0 Å². The molecule has 7 nitrogen and oxygen atoms in total. The lowest BCUT2D eigenvalue weighted by atomic mass is 10.1. The summed E-state index contributed by atoms with van der Waals surface area (Å²) < 4.78 is 10.8. The van der Waals surface area contributed by atoms with Crippen LogP contribution < -0.4 is 25.4 Å². The molecule has 0 fully saturated rings. The number of hydrogen-bond acceptors (Lipinski definition) is 4. The van der Waals surface area contributed by atoms with Gasteiger partial charge in [0, 0.05) is 24.8 Å². The summed E-state index contributed by atoms with van der Waals surface area (Å²) in [6.07, 6.45) is 0.655. The molecular formula is C20H25N3O4. The maximum Gasteiger partial charge on any atom is 0.319 e. The molecule has 2 aromatic carbocycles. The summed E-state index contributed by atoms with van der Waals surface area (Å²) in [6, 6.07) is 12.4. The van der Waals surface area contributed by atoms with E-state index in [-0.39, 0.29) is 11.9 Å². The average molecular weight is 371 g/mol. The van der Waals surface area contributed by atoms with Crippen molar-refractivity contribution in [2.24, 2.45) is 0 Å². The number of benzene rings is 2. The standard InChI is InChI=1S/C20H25N3O4/c1-4-27-18-9-8-15(12-19(18)26-3)10-11-21-20(25)23-17-7-5-6-16(13-17)22-14(2)24/h5-9,12-13H,4,10-11H2,1-3H3,(H,22,24)(H2,21,23,25). The Hall–Kier alpha value is -3.22. The van der Waals surface area contributed by atoms with Crippen molar-refractivity contribution in [2.75, 3.05) is 30.9 Å². The number of carbonyl (C=O) groups is 2. The van der Waals surface area contributed by atoms with Crippen molar-refractivity contribution in [1.29, 1.82) is 0 Å². The lowest BCUT2D eigenvalue weighted by molar-refractivity contribution is -0.114. The molecule has 0 spiro atoms. The molecule has 27 heavy (non-hydrogen) atoms. The van der Waals surface area contributed by atoms with E-state index >= 15 is 0 Å². The number of amides is 3. The summed E-state index contributed by atoms with van der Waals surface area (Å²) in [5.74, 6) is 1.21. The summed E-state index contributed by atoms with van der Waals surface area (Å²) in [5.41, 5.74) is 2.26. The van der Waals surface area contributed by atoms with Gasteiger partial charge in [0.1, 0.15) is 0 Å². The number of methoxy groups -OCH3 is 1. The van der Waals surface area contributed by atoms with E-state index in [2.05, 4.69) is 16.0 Å². The molecular weight excluding hydrogens is 346 g/mol. The second-order valence-electron chi connectivity index (χ2n) is 5.81. The fourth-order valence-corrected chi connectivity index (χ4v) is 2.52. The third-order valence-corrected chi connectivity index (χ3v) is 3.67. The van der Waals surface area contributed by atoms with Gasteiger partial charge in [-0.15, -0.1) is 0 Å². The highest BCUT2D eigenvalue weighted by Gasteiger charge is 2.07. The first kappa shape index (κ1) is 20.1. The molecule has 0 radical (unpaired) electrons. The molecule has 0 saturated carbocycles. The Morgan fingerprint density at radius 2 is 1.74 bits per heavy atom. The predicted molar refractivity (Wildman–Crippen MR) is 106 cm³/mol. The number of hydrogen-bond donors (Lipinski definition) is 3. The van der Waals surface area contributed by atoms with Gasteiger partial charge in [0.15, 0.2) is 11.5 Å². The van der Waals surface area contributed by atoms with E-state index in [0.29, 0.717) is 42.4 Å². The van der Waals surface area contributed by atoms with E-state index in [1.54, 1.807) is 31.4 Å². The summed E-state index contributed by atoms with van der Waals surface area (Å²) in [4.78, 5) is 23.1. The number of carbonyl (C=O) groups excluding carboxylic acids is 2. The molecule has 3 amide bonds. The van der Waals surface area contributed by atoms with E-state index in [9.17, 15) is 9.59 Å². The van der Waals surface area contributed by atoms with Crippen LogP contribution in [0.4, 0.5) is 16.2 Å². The Labute approximate surface area is 159 Å². The van der Waals surface area contributed by atoms with Crippen LogP contribution in [0.1, 0.15) is 19.4 Å². The van der Waals surface area contributed by atoms with Crippen molar-refractivity contribution in [2.45, 2.75) is 20.3 Å². The number of rotatable bonds is 8. The van der Waals surface area contributed by atoms with E-state index in [1.807, 2.05) is 25.1 Å². The second-order valence-corrected chi connectivity index (χ2v) is 5.81. The van der Waals surface area contributed by atoms with E-state index in [0.717, 1.165) is 5.56 Å². The number of nitrogens with one attached hydrogen (secondary N) is 3. The highest BCUT2D eigenvalue weighted by Crippen LogP contribution is 2.28. The van der Waals surface area contributed by atoms with Crippen molar-refractivity contribution >= 4 is 23.3 Å². The van der Waals surface area contributed by atoms with Gasteiger partial charge in [-0.2, -0.15) is 0 Å². The number of anilines is 2. The first-order valence-electron chi connectivity index (χ1n) is 8.74. The van der Waals surface area contributed by atoms with Crippen LogP contribution in [0.2, 0.25) is 0 Å². The van der Waals surface area contributed by atoms with E-state index in [1.165, 1.54) is 6.92 Å². The van der Waals surface area contributed by atoms with E-state index < -0.39 is 0 Å². The van der Waals surface area contributed by atoms with Crippen LogP contribution in [0.3, 0.4) is 0 Å². The molecule has 0 heterocycles. The van der Waals surface area contributed by atoms with Crippen molar-refractivity contribution in [1.82, 2.24) is 5.32 Å². The van der Waals surface area contributed by atoms with Gasteiger partial charge in [-0.25, -0.2) is 4.79 Å². The third kappa shape index (κ3) is 6.54. The highest BCUT2D eigenvalue weighted by molar-refractivity contribution is 5.92. The van der Waals surface area contributed by atoms with Crippen LogP contribution in [-0.4, -0.2) is 32.2 Å². The number of ether oxygens (including phenoxy) is 2. The van der Waals surface area contributed by atoms with Crippen LogP contribution in [-0.2, 0) is 11.2 Å². The van der Waals surface area contributed by atoms with Gasteiger partial charge in [0.25, 0.3) is 0 Å². The first-order chi connectivity index (χ1) is 13.0. The molecule has 7 heteroatoms. The molecule has 0 saturated heterocycles. The quantitative estimate of drug-likeness (QED) is 0.663. The van der Waals surface area contributed by atoms with E-state index in [4.69, 9.17) is 9.47 Å². The molecule has 0 atom stereocenters. The molecule has 0 unspecified atom stereocenters. The summed E-state index contributed by atoms with van der Waals surface area (Å²) >= 11 is 0. The van der Waals surface area contributed by atoms with Crippen molar-refractivity contribution in [3.05, 3.63) is 48.0 Å². The molecule has 0 aliphatic rings. The lowest BCUT2D eigenvalue weighted by Gasteiger charge is -2.12.